The Labute approximate surface area is 122 Å². The van der Waals surface area contributed by atoms with E-state index in [9.17, 15) is 0 Å². The highest BCUT2D eigenvalue weighted by Gasteiger charge is 2.24. The van der Waals surface area contributed by atoms with Crippen molar-refractivity contribution >= 4 is 0 Å². The molecule has 2 rings (SSSR count). The largest absolute Gasteiger partial charge is 0.310 e. The van der Waals surface area contributed by atoms with Crippen molar-refractivity contribution in [1.82, 2.24) is 25.1 Å². The first kappa shape index (κ1) is 15.4. The van der Waals surface area contributed by atoms with Crippen LogP contribution in [0, 0.1) is 5.92 Å². The Hall–Kier alpha value is -1.04. The van der Waals surface area contributed by atoms with Crippen molar-refractivity contribution in [3.8, 4) is 0 Å². The van der Waals surface area contributed by atoms with Gasteiger partial charge in [0.1, 0.15) is 0 Å². The Kier molecular flexibility index (Phi) is 5.88. The highest BCUT2D eigenvalue weighted by Crippen LogP contribution is 2.12. The lowest BCUT2D eigenvalue weighted by Gasteiger charge is -2.40. The summed E-state index contributed by atoms with van der Waals surface area (Å²) in [5.41, 5.74) is 1.01. The molecule has 1 aromatic heterocycles. The molecule has 1 aromatic rings. The molecule has 5 nitrogen and oxygen atoms in total. The van der Waals surface area contributed by atoms with Crippen LogP contribution >= 0.6 is 0 Å². The SMILES string of the molecule is CC(C)C(CNCc1cnccn1)N1CCN(C)CC1. The Morgan fingerprint density at radius 2 is 1.95 bits per heavy atom. The summed E-state index contributed by atoms with van der Waals surface area (Å²) in [6.07, 6.45) is 5.29. The Bertz CT molecular complexity index is 373. The molecule has 0 bridgehead atoms. The normalized spacial score (nSPS) is 19.4. The number of nitrogens with one attached hydrogen (secondary N) is 1. The maximum atomic E-state index is 4.30. The molecule has 1 aliphatic heterocycles. The van der Waals surface area contributed by atoms with Gasteiger partial charge in [0.2, 0.25) is 0 Å². The quantitative estimate of drug-likeness (QED) is 0.835. The fourth-order valence-electron chi connectivity index (χ4n) is 2.71. The third-order valence-corrected chi connectivity index (χ3v) is 4.05. The molecule has 0 saturated carbocycles. The number of hydrogen-bond donors (Lipinski definition) is 1. The average molecular weight is 277 g/mol. The lowest BCUT2D eigenvalue weighted by atomic mass is 10.0. The number of hydrogen-bond acceptors (Lipinski definition) is 5. The monoisotopic (exact) mass is 277 g/mol. The molecule has 1 fully saturated rings. The first-order valence-electron chi connectivity index (χ1n) is 7.55. The molecule has 0 aromatic carbocycles. The van der Waals surface area contributed by atoms with Gasteiger partial charge in [-0.2, -0.15) is 0 Å². The van der Waals surface area contributed by atoms with Crippen LogP contribution in [0.1, 0.15) is 19.5 Å². The van der Waals surface area contributed by atoms with E-state index in [1.165, 1.54) is 26.2 Å². The van der Waals surface area contributed by atoms with E-state index in [0.29, 0.717) is 12.0 Å². The van der Waals surface area contributed by atoms with Crippen molar-refractivity contribution in [2.24, 2.45) is 5.92 Å². The van der Waals surface area contributed by atoms with Crippen molar-refractivity contribution in [3.63, 3.8) is 0 Å². The van der Waals surface area contributed by atoms with Crippen LogP contribution in [0.3, 0.4) is 0 Å². The van der Waals surface area contributed by atoms with Crippen molar-refractivity contribution in [3.05, 3.63) is 24.3 Å². The summed E-state index contributed by atoms with van der Waals surface area (Å²) in [5, 5.41) is 3.53. The van der Waals surface area contributed by atoms with Gasteiger partial charge in [0.25, 0.3) is 0 Å². The molecule has 1 N–H and O–H groups in total. The standard InChI is InChI=1S/C15H27N5/c1-13(2)15(20-8-6-19(3)7-9-20)12-17-11-14-10-16-4-5-18-14/h4-5,10,13,15,17H,6-9,11-12H2,1-3H3. The summed E-state index contributed by atoms with van der Waals surface area (Å²) in [7, 11) is 2.20. The highest BCUT2D eigenvalue weighted by atomic mass is 15.3. The summed E-state index contributed by atoms with van der Waals surface area (Å²) in [6.45, 7) is 11.1. The number of piperazine rings is 1. The van der Waals surface area contributed by atoms with Crippen molar-refractivity contribution in [1.29, 1.82) is 0 Å². The molecule has 20 heavy (non-hydrogen) atoms. The molecule has 2 heterocycles. The number of nitrogens with zero attached hydrogens (tertiary/aromatic N) is 4. The first-order valence-corrected chi connectivity index (χ1v) is 7.55. The van der Waals surface area contributed by atoms with E-state index in [4.69, 9.17) is 0 Å². The van der Waals surface area contributed by atoms with Crippen molar-refractivity contribution < 1.29 is 0 Å². The minimum atomic E-state index is 0.598. The molecule has 0 amide bonds. The van der Waals surface area contributed by atoms with Gasteiger partial charge in [0, 0.05) is 63.9 Å². The number of likely N-dealkylation sites (N-methyl/N-ethyl adjacent to an activating group) is 1. The molecule has 0 radical (unpaired) electrons. The van der Waals surface area contributed by atoms with Crippen LogP contribution in [-0.4, -0.2) is 65.6 Å². The molecule has 1 unspecified atom stereocenters. The fourth-order valence-corrected chi connectivity index (χ4v) is 2.71. The molecule has 1 saturated heterocycles. The van der Waals surface area contributed by atoms with Gasteiger partial charge in [-0.1, -0.05) is 13.8 Å². The lowest BCUT2D eigenvalue weighted by Crippen LogP contribution is -2.53. The van der Waals surface area contributed by atoms with Gasteiger partial charge in [-0.3, -0.25) is 14.9 Å². The van der Waals surface area contributed by atoms with E-state index in [1.807, 2.05) is 6.20 Å². The van der Waals surface area contributed by atoms with Gasteiger partial charge >= 0.3 is 0 Å². The predicted octanol–water partition coefficient (Wildman–Crippen LogP) is 0.838. The number of rotatable bonds is 6. The van der Waals surface area contributed by atoms with Crippen molar-refractivity contribution in [2.45, 2.75) is 26.4 Å². The molecule has 0 spiro atoms. The van der Waals surface area contributed by atoms with Crippen molar-refractivity contribution in [2.75, 3.05) is 39.8 Å². The lowest BCUT2D eigenvalue weighted by molar-refractivity contribution is 0.0874. The van der Waals surface area contributed by atoms with Crippen LogP contribution in [0.2, 0.25) is 0 Å². The van der Waals surface area contributed by atoms with E-state index in [1.54, 1.807) is 12.4 Å². The van der Waals surface area contributed by atoms with Gasteiger partial charge < -0.3 is 10.2 Å². The molecule has 0 aliphatic carbocycles. The summed E-state index contributed by atoms with van der Waals surface area (Å²) < 4.78 is 0. The highest BCUT2D eigenvalue weighted by molar-refractivity contribution is 4.94. The first-order chi connectivity index (χ1) is 9.66. The Balaban J connectivity index is 1.80. The molecule has 5 heteroatoms. The minimum Gasteiger partial charge on any atom is -0.310 e. The van der Waals surface area contributed by atoms with E-state index in [2.05, 4.69) is 46.0 Å². The zero-order chi connectivity index (χ0) is 14.4. The van der Waals surface area contributed by atoms with Gasteiger partial charge in [-0.15, -0.1) is 0 Å². The van der Waals surface area contributed by atoms with E-state index < -0.39 is 0 Å². The maximum absolute atomic E-state index is 4.30. The van der Waals surface area contributed by atoms with Crippen LogP contribution in [0.15, 0.2) is 18.6 Å². The molecular formula is C15H27N5. The van der Waals surface area contributed by atoms with Gasteiger partial charge in [0.15, 0.2) is 0 Å². The fraction of sp³-hybridized carbons (Fsp3) is 0.733. The zero-order valence-corrected chi connectivity index (χ0v) is 12.9. The smallest absolute Gasteiger partial charge is 0.0724 e. The topological polar surface area (TPSA) is 44.3 Å². The Morgan fingerprint density at radius 1 is 1.20 bits per heavy atom. The summed E-state index contributed by atoms with van der Waals surface area (Å²) >= 11 is 0. The van der Waals surface area contributed by atoms with E-state index in [0.717, 1.165) is 18.8 Å². The van der Waals surface area contributed by atoms with Gasteiger partial charge in [-0.25, -0.2) is 0 Å². The summed E-state index contributed by atoms with van der Waals surface area (Å²) in [4.78, 5) is 13.4. The van der Waals surface area contributed by atoms with Crippen LogP contribution in [-0.2, 0) is 6.54 Å². The van der Waals surface area contributed by atoms with Crippen LogP contribution < -0.4 is 5.32 Å². The number of aromatic nitrogens is 2. The summed E-state index contributed by atoms with van der Waals surface area (Å²) in [6, 6.07) is 0.598. The minimum absolute atomic E-state index is 0.598. The second kappa shape index (κ2) is 7.67. The Morgan fingerprint density at radius 3 is 2.55 bits per heavy atom. The zero-order valence-electron chi connectivity index (χ0n) is 12.9. The van der Waals surface area contributed by atoms with Crippen LogP contribution in [0.4, 0.5) is 0 Å². The van der Waals surface area contributed by atoms with Gasteiger partial charge in [0.05, 0.1) is 5.69 Å². The molecular weight excluding hydrogens is 250 g/mol. The summed E-state index contributed by atoms with van der Waals surface area (Å²) in [5.74, 6) is 0.660. The molecule has 1 aliphatic rings. The predicted molar refractivity (Wildman–Crippen MR) is 81.4 cm³/mol. The second-order valence-electron chi connectivity index (χ2n) is 5.98. The third-order valence-electron chi connectivity index (χ3n) is 4.05. The van der Waals surface area contributed by atoms with E-state index in [-0.39, 0.29) is 0 Å². The second-order valence-corrected chi connectivity index (χ2v) is 5.98. The third kappa shape index (κ3) is 4.51. The maximum Gasteiger partial charge on any atom is 0.0724 e. The molecule has 1 atom stereocenters. The average Bonchev–Trinajstić information content (AvgIpc) is 2.46. The van der Waals surface area contributed by atoms with E-state index >= 15 is 0 Å². The van der Waals surface area contributed by atoms with Crippen LogP contribution in [0.25, 0.3) is 0 Å². The van der Waals surface area contributed by atoms with Crippen LogP contribution in [0.5, 0.6) is 0 Å². The van der Waals surface area contributed by atoms with Gasteiger partial charge in [-0.05, 0) is 13.0 Å². The molecule has 112 valence electrons.